The van der Waals surface area contributed by atoms with Gasteiger partial charge in [0.2, 0.25) is 0 Å². The molecule has 0 aliphatic heterocycles. The molecule has 82 valence electrons. The molecule has 1 aliphatic rings. The normalized spacial score (nSPS) is 19.1. The summed E-state index contributed by atoms with van der Waals surface area (Å²) in [7, 11) is 1.56. The molecule has 1 saturated carbocycles. The highest BCUT2D eigenvalue weighted by Crippen LogP contribution is 2.46. The van der Waals surface area contributed by atoms with Gasteiger partial charge in [-0.3, -0.25) is 4.79 Å². The molecule has 0 aromatic carbocycles. The number of carbonyl (C=O) groups is 1. The summed E-state index contributed by atoms with van der Waals surface area (Å²) < 4.78 is 5.42. The van der Waals surface area contributed by atoms with Crippen molar-refractivity contribution in [3.05, 3.63) is 0 Å². The minimum atomic E-state index is -0.714. The first-order valence-electron chi connectivity index (χ1n) is 4.84. The lowest BCUT2D eigenvalue weighted by Crippen LogP contribution is -2.46. The summed E-state index contributed by atoms with van der Waals surface area (Å²) in [6, 6.07) is 0. The van der Waals surface area contributed by atoms with Crippen LogP contribution in [0.25, 0.3) is 0 Å². The van der Waals surface area contributed by atoms with E-state index in [9.17, 15) is 4.79 Å². The first kappa shape index (κ1) is 11.9. The second-order valence-electron chi connectivity index (χ2n) is 4.28. The van der Waals surface area contributed by atoms with E-state index in [1.54, 1.807) is 21.0 Å². The fourth-order valence-corrected chi connectivity index (χ4v) is 1.87. The lowest BCUT2D eigenvalue weighted by atomic mass is 10.1. The Kier molecular flexibility index (Phi) is 3.48. The zero-order valence-electron chi connectivity index (χ0n) is 9.35. The second kappa shape index (κ2) is 4.11. The molecule has 1 fully saturated rings. The van der Waals surface area contributed by atoms with Gasteiger partial charge in [0, 0.05) is 18.4 Å². The lowest BCUT2D eigenvalue weighted by Gasteiger charge is -2.23. The van der Waals surface area contributed by atoms with Gasteiger partial charge >= 0.3 is 0 Å². The van der Waals surface area contributed by atoms with Gasteiger partial charge in [0.15, 0.2) is 0 Å². The number of nitrogens with one attached hydrogen (secondary N) is 1. The van der Waals surface area contributed by atoms with Gasteiger partial charge in [0.05, 0.1) is 0 Å². The number of rotatable bonds is 5. The summed E-state index contributed by atoms with van der Waals surface area (Å²) in [5.74, 6) is -0.0275. The maximum atomic E-state index is 11.6. The summed E-state index contributed by atoms with van der Waals surface area (Å²) in [5, 5.41) is 2.94. The Morgan fingerprint density at radius 1 is 1.57 bits per heavy atom. The zero-order valence-corrected chi connectivity index (χ0v) is 10.2. The molecule has 3 nitrogen and oxygen atoms in total. The molecule has 4 heteroatoms. The maximum Gasteiger partial charge on any atom is 0.251 e. The van der Waals surface area contributed by atoms with Crippen LogP contribution in [0.2, 0.25) is 0 Å². The van der Waals surface area contributed by atoms with Gasteiger partial charge in [-0.15, -0.1) is 0 Å². The Morgan fingerprint density at radius 3 is 2.50 bits per heavy atom. The van der Waals surface area contributed by atoms with Crippen LogP contribution >= 0.6 is 11.8 Å². The van der Waals surface area contributed by atoms with E-state index in [0.717, 1.165) is 6.54 Å². The SMILES string of the molecule is COC(C)(C)C(=O)NCC1(SC)CC1. The van der Waals surface area contributed by atoms with Crippen molar-refractivity contribution in [3.8, 4) is 0 Å². The highest BCUT2D eigenvalue weighted by molar-refractivity contribution is 8.00. The highest BCUT2D eigenvalue weighted by atomic mass is 32.2. The van der Waals surface area contributed by atoms with Crippen LogP contribution in [0.1, 0.15) is 26.7 Å². The minimum Gasteiger partial charge on any atom is -0.369 e. The van der Waals surface area contributed by atoms with E-state index in [1.807, 2.05) is 11.8 Å². The van der Waals surface area contributed by atoms with Crippen LogP contribution in [0.4, 0.5) is 0 Å². The third kappa shape index (κ3) is 2.64. The smallest absolute Gasteiger partial charge is 0.251 e. The molecule has 0 atom stereocenters. The van der Waals surface area contributed by atoms with Gasteiger partial charge in [-0.25, -0.2) is 0 Å². The molecule has 0 spiro atoms. The number of hydrogen-bond donors (Lipinski definition) is 1. The van der Waals surface area contributed by atoms with Crippen molar-refractivity contribution in [2.45, 2.75) is 37.0 Å². The van der Waals surface area contributed by atoms with E-state index in [1.165, 1.54) is 12.8 Å². The molecular formula is C10H19NO2S. The van der Waals surface area contributed by atoms with E-state index in [0.29, 0.717) is 4.75 Å². The molecule has 0 bridgehead atoms. The summed E-state index contributed by atoms with van der Waals surface area (Å²) in [4.78, 5) is 11.6. The Labute approximate surface area is 90.0 Å². The molecule has 1 amide bonds. The molecular weight excluding hydrogens is 198 g/mol. The first-order valence-corrected chi connectivity index (χ1v) is 6.07. The first-order chi connectivity index (χ1) is 6.46. The van der Waals surface area contributed by atoms with Crippen LogP contribution in [-0.2, 0) is 9.53 Å². The lowest BCUT2D eigenvalue weighted by molar-refractivity contribution is -0.139. The predicted octanol–water partition coefficient (Wildman–Crippen LogP) is 1.42. The van der Waals surface area contributed by atoms with Crippen molar-refractivity contribution in [3.63, 3.8) is 0 Å². The molecule has 1 N–H and O–H groups in total. The second-order valence-corrected chi connectivity index (χ2v) is 5.56. The number of amides is 1. The van der Waals surface area contributed by atoms with Crippen LogP contribution in [-0.4, -0.2) is 36.2 Å². The van der Waals surface area contributed by atoms with Gasteiger partial charge in [0.1, 0.15) is 5.60 Å². The van der Waals surface area contributed by atoms with E-state index in [4.69, 9.17) is 4.74 Å². The number of methoxy groups -OCH3 is 1. The molecule has 1 rings (SSSR count). The Balaban J connectivity index is 2.35. The topological polar surface area (TPSA) is 38.3 Å². The van der Waals surface area contributed by atoms with Crippen LogP contribution in [0, 0.1) is 0 Å². The van der Waals surface area contributed by atoms with Gasteiger partial charge < -0.3 is 10.1 Å². The van der Waals surface area contributed by atoms with E-state index in [-0.39, 0.29) is 5.91 Å². The van der Waals surface area contributed by atoms with Gasteiger partial charge in [-0.2, -0.15) is 11.8 Å². The zero-order chi connectivity index (χ0) is 10.8. The standard InChI is InChI=1S/C10H19NO2S/c1-9(2,13-3)8(12)11-7-10(14-4)5-6-10/h5-7H2,1-4H3,(H,11,12). The summed E-state index contributed by atoms with van der Waals surface area (Å²) in [5.41, 5.74) is -0.714. The fraction of sp³-hybridized carbons (Fsp3) is 0.900. The molecule has 0 aromatic heterocycles. The number of thioether (sulfide) groups is 1. The Hall–Kier alpha value is -0.220. The fourth-order valence-electron chi connectivity index (χ4n) is 1.14. The third-order valence-electron chi connectivity index (χ3n) is 2.87. The average molecular weight is 217 g/mol. The molecule has 0 aromatic rings. The Bertz CT molecular complexity index is 224. The van der Waals surface area contributed by atoms with Crippen molar-refractivity contribution in [2.24, 2.45) is 0 Å². The Morgan fingerprint density at radius 2 is 2.14 bits per heavy atom. The molecule has 14 heavy (non-hydrogen) atoms. The predicted molar refractivity (Wildman–Crippen MR) is 59.6 cm³/mol. The number of hydrogen-bond acceptors (Lipinski definition) is 3. The van der Waals surface area contributed by atoms with Gasteiger partial charge in [-0.1, -0.05) is 0 Å². The van der Waals surface area contributed by atoms with Crippen molar-refractivity contribution in [1.82, 2.24) is 5.32 Å². The van der Waals surface area contributed by atoms with Crippen LogP contribution in [0.5, 0.6) is 0 Å². The van der Waals surface area contributed by atoms with Crippen LogP contribution < -0.4 is 5.32 Å². The average Bonchev–Trinajstić information content (AvgIpc) is 2.95. The quantitative estimate of drug-likeness (QED) is 0.757. The molecule has 0 unspecified atom stereocenters. The monoisotopic (exact) mass is 217 g/mol. The molecule has 0 heterocycles. The van der Waals surface area contributed by atoms with Crippen molar-refractivity contribution in [1.29, 1.82) is 0 Å². The van der Waals surface area contributed by atoms with E-state index < -0.39 is 5.60 Å². The summed E-state index contributed by atoms with van der Waals surface area (Å²) in [6.45, 7) is 4.32. The number of ether oxygens (including phenoxy) is 1. The van der Waals surface area contributed by atoms with Crippen molar-refractivity contribution in [2.75, 3.05) is 19.9 Å². The third-order valence-corrected chi connectivity index (χ3v) is 4.29. The number of carbonyl (C=O) groups excluding carboxylic acids is 1. The molecule has 1 aliphatic carbocycles. The molecule has 0 radical (unpaired) electrons. The minimum absolute atomic E-state index is 0.0275. The largest absolute Gasteiger partial charge is 0.369 e. The summed E-state index contributed by atoms with van der Waals surface area (Å²) >= 11 is 1.84. The maximum absolute atomic E-state index is 11.6. The van der Waals surface area contributed by atoms with E-state index in [2.05, 4.69) is 11.6 Å². The highest BCUT2D eigenvalue weighted by Gasteiger charge is 2.42. The van der Waals surface area contributed by atoms with Crippen molar-refractivity contribution < 1.29 is 9.53 Å². The molecule has 0 saturated heterocycles. The van der Waals surface area contributed by atoms with Crippen LogP contribution in [0.15, 0.2) is 0 Å². The van der Waals surface area contributed by atoms with Gasteiger partial charge in [-0.05, 0) is 32.9 Å². The van der Waals surface area contributed by atoms with E-state index >= 15 is 0 Å². The van der Waals surface area contributed by atoms with Crippen molar-refractivity contribution >= 4 is 17.7 Å². The summed E-state index contributed by atoms with van der Waals surface area (Å²) in [6.07, 6.45) is 4.52. The van der Waals surface area contributed by atoms with Crippen LogP contribution in [0.3, 0.4) is 0 Å². The van der Waals surface area contributed by atoms with Gasteiger partial charge in [0.25, 0.3) is 5.91 Å².